The van der Waals surface area contributed by atoms with Crippen molar-refractivity contribution in [3.63, 3.8) is 0 Å². The van der Waals surface area contributed by atoms with Gasteiger partial charge in [-0.15, -0.1) is 22.7 Å². The van der Waals surface area contributed by atoms with Gasteiger partial charge >= 0.3 is 11.7 Å². The molecule has 320 valence electrons. The molecule has 4 heterocycles. The third-order valence-electron chi connectivity index (χ3n) is 12.4. The molecule has 1 aliphatic carbocycles. The SMILES string of the molecule is CN(CCCn1c(=O)oc2cc(CNC[C@H](O[Si](C)(C)C(C)(C)C)c3ccc(O)c4[nH]c(=O)ccc34)ccc21)[C@H]1CC[C@H](OC(=O)C(O)(c2cccs2)c2cccs2)CC1. The Morgan fingerprint density at radius 1 is 1.02 bits per heavy atom. The molecule has 4 aromatic heterocycles. The molecule has 2 aromatic carbocycles. The van der Waals surface area contributed by atoms with E-state index in [4.69, 9.17) is 13.6 Å². The number of ether oxygens (including phenoxy) is 1. The van der Waals surface area contributed by atoms with E-state index in [0.717, 1.165) is 60.7 Å². The number of aromatic amines is 1. The Hall–Kier alpha value is -4.35. The molecule has 1 atom stereocenters. The van der Waals surface area contributed by atoms with Crippen LogP contribution in [0.5, 0.6) is 5.75 Å². The number of rotatable bonds is 16. The van der Waals surface area contributed by atoms with E-state index < -0.39 is 19.9 Å². The lowest BCUT2D eigenvalue weighted by Gasteiger charge is -2.39. The van der Waals surface area contributed by atoms with Crippen molar-refractivity contribution in [1.82, 2.24) is 19.8 Å². The fourth-order valence-corrected chi connectivity index (χ4v) is 10.8. The van der Waals surface area contributed by atoms with Crippen LogP contribution < -0.4 is 16.6 Å². The molecular formula is C45H56N4O8S2Si. The number of oxazole rings is 1. The second-order valence-corrected chi connectivity index (χ2v) is 24.1. The van der Waals surface area contributed by atoms with Crippen LogP contribution in [0, 0.1) is 0 Å². The Kier molecular flexibility index (Phi) is 13.1. The maximum atomic E-state index is 13.5. The number of benzene rings is 2. The number of nitrogens with zero attached hydrogens (tertiary/aromatic N) is 2. The molecule has 0 amide bonds. The van der Waals surface area contributed by atoms with Gasteiger partial charge in [0.15, 0.2) is 13.9 Å². The molecule has 0 radical (unpaired) electrons. The van der Waals surface area contributed by atoms with Gasteiger partial charge in [0.25, 0.3) is 0 Å². The van der Waals surface area contributed by atoms with Crippen LogP contribution in [-0.4, -0.2) is 71.2 Å². The topological polar surface area (TPSA) is 159 Å². The minimum atomic E-state index is -2.24. The number of aromatic hydroxyl groups is 1. The maximum Gasteiger partial charge on any atom is 0.419 e. The first kappa shape index (κ1) is 43.7. The van der Waals surface area contributed by atoms with E-state index in [-0.39, 0.29) is 34.3 Å². The number of hydrogen-bond donors (Lipinski definition) is 4. The molecular weight excluding hydrogens is 817 g/mol. The van der Waals surface area contributed by atoms with Crippen molar-refractivity contribution < 1.29 is 28.6 Å². The monoisotopic (exact) mass is 872 g/mol. The van der Waals surface area contributed by atoms with Gasteiger partial charge in [0.05, 0.1) is 26.9 Å². The zero-order valence-electron chi connectivity index (χ0n) is 35.2. The van der Waals surface area contributed by atoms with Gasteiger partial charge in [0.1, 0.15) is 11.9 Å². The molecule has 6 aromatic rings. The number of H-pyrrole nitrogens is 1. The molecule has 0 unspecified atom stereocenters. The minimum Gasteiger partial charge on any atom is -0.506 e. The Balaban J connectivity index is 0.930. The van der Waals surface area contributed by atoms with Crippen LogP contribution in [-0.2, 0) is 32.6 Å². The number of fused-ring (bicyclic) bond motifs is 2. The van der Waals surface area contributed by atoms with Crippen LogP contribution in [0.15, 0.2) is 91.5 Å². The molecule has 7 rings (SSSR count). The highest BCUT2D eigenvalue weighted by atomic mass is 32.1. The molecule has 1 fully saturated rings. The number of hydrogen-bond acceptors (Lipinski definition) is 12. The second-order valence-electron chi connectivity index (χ2n) is 17.4. The number of phenolic OH excluding ortho intramolecular Hbond substituents is 1. The quantitative estimate of drug-likeness (QED) is 0.0552. The third-order valence-corrected chi connectivity index (χ3v) is 18.8. The molecule has 4 N–H and O–H groups in total. The van der Waals surface area contributed by atoms with Crippen LogP contribution >= 0.6 is 22.7 Å². The lowest BCUT2D eigenvalue weighted by Crippen LogP contribution is -2.43. The second kappa shape index (κ2) is 17.9. The zero-order chi connectivity index (χ0) is 42.8. The average Bonchev–Trinajstić information content (AvgIpc) is 4.01. The summed E-state index contributed by atoms with van der Waals surface area (Å²) in [4.78, 5) is 44.8. The molecule has 12 nitrogen and oxygen atoms in total. The summed E-state index contributed by atoms with van der Waals surface area (Å²) in [6.45, 7) is 13.3. The Morgan fingerprint density at radius 3 is 2.37 bits per heavy atom. The van der Waals surface area contributed by atoms with Crippen LogP contribution in [0.2, 0.25) is 18.1 Å². The number of carbonyl (C=O) groups is 1. The Morgan fingerprint density at radius 2 is 1.72 bits per heavy atom. The molecule has 0 spiro atoms. The van der Waals surface area contributed by atoms with Gasteiger partial charge in [-0.25, -0.2) is 9.59 Å². The fourth-order valence-electron chi connectivity index (χ4n) is 7.86. The van der Waals surface area contributed by atoms with E-state index in [1.807, 2.05) is 47.2 Å². The van der Waals surface area contributed by atoms with Gasteiger partial charge in [-0.3, -0.25) is 9.36 Å². The first-order valence-electron chi connectivity index (χ1n) is 20.6. The number of nitrogens with one attached hydrogen (secondary N) is 2. The van der Waals surface area contributed by atoms with E-state index in [1.54, 1.807) is 28.8 Å². The number of thiophene rings is 2. The molecule has 15 heteroatoms. The van der Waals surface area contributed by atoms with E-state index >= 15 is 0 Å². The molecule has 1 saturated carbocycles. The molecule has 60 heavy (non-hydrogen) atoms. The summed E-state index contributed by atoms with van der Waals surface area (Å²) in [5.74, 6) is -0.995. The van der Waals surface area contributed by atoms with Gasteiger partial charge in [-0.1, -0.05) is 45.0 Å². The Bertz CT molecular complexity index is 2480. The fraction of sp³-hybridized carbons (Fsp3) is 0.444. The number of aliphatic hydroxyl groups is 1. The number of aryl methyl sites for hydroxylation is 1. The summed E-state index contributed by atoms with van der Waals surface area (Å²) in [6, 6.07) is 20.0. The molecule has 0 saturated heterocycles. The normalized spacial score (nSPS) is 17.1. The van der Waals surface area contributed by atoms with Crippen molar-refractivity contribution in [2.75, 3.05) is 20.1 Å². The first-order chi connectivity index (χ1) is 28.5. The van der Waals surface area contributed by atoms with Crippen molar-refractivity contribution in [3.8, 4) is 5.75 Å². The highest BCUT2D eigenvalue weighted by Crippen LogP contribution is 2.42. The number of carbonyl (C=O) groups excluding carboxylic acids is 1. The summed E-state index contributed by atoms with van der Waals surface area (Å²) in [5.41, 5.74) is 1.42. The lowest BCUT2D eigenvalue weighted by atomic mass is 9.91. The molecule has 0 bridgehead atoms. The number of phenols is 1. The van der Waals surface area contributed by atoms with Crippen molar-refractivity contribution >= 4 is 59.0 Å². The van der Waals surface area contributed by atoms with Gasteiger partial charge in [0.2, 0.25) is 11.2 Å². The maximum absolute atomic E-state index is 13.5. The predicted molar refractivity (Wildman–Crippen MR) is 240 cm³/mol. The zero-order valence-corrected chi connectivity index (χ0v) is 37.8. The van der Waals surface area contributed by atoms with E-state index in [2.05, 4.69) is 56.1 Å². The lowest BCUT2D eigenvalue weighted by molar-refractivity contribution is -0.169. The summed E-state index contributed by atoms with van der Waals surface area (Å²) in [6.07, 6.45) is 3.32. The van der Waals surface area contributed by atoms with E-state index in [0.29, 0.717) is 46.5 Å². The average molecular weight is 873 g/mol. The Labute approximate surface area is 358 Å². The number of esters is 1. The van der Waals surface area contributed by atoms with Crippen molar-refractivity contribution in [2.24, 2.45) is 0 Å². The summed E-state index contributed by atoms with van der Waals surface area (Å²) in [5, 5.41) is 30.1. The highest BCUT2D eigenvalue weighted by Gasteiger charge is 2.45. The number of aromatic nitrogens is 2. The smallest absolute Gasteiger partial charge is 0.419 e. The van der Waals surface area contributed by atoms with E-state index in [1.165, 1.54) is 28.7 Å². The number of pyridine rings is 1. The third kappa shape index (κ3) is 9.27. The van der Waals surface area contributed by atoms with Crippen molar-refractivity contribution in [1.29, 1.82) is 0 Å². The van der Waals surface area contributed by atoms with Crippen LogP contribution in [0.1, 0.15) is 79.9 Å². The van der Waals surface area contributed by atoms with Crippen molar-refractivity contribution in [3.05, 3.63) is 119 Å². The van der Waals surface area contributed by atoms with Gasteiger partial charge in [-0.2, -0.15) is 0 Å². The van der Waals surface area contributed by atoms with E-state index in [9.17, 15) is 24.6 Å². The highest BCUT2D eigenvalue weighted by molar-refractivity contribution is 7.12. The minimum absolute atomic E-state index is 0.00879. The largest absolute Gasteiger partial charge is 0.506 e. The predicted octanol–water partition coefficient (Wildman–Crippen LogP) is 8.23. The van der Waals surface area contributed by atoms with Crippen LogP contribution in [0.25, 0.3) is 22.0 Å². The van der Waals surface area contributed by atoms with Gasteiger partial charge in [-0.05, 0) is 122 Å². The summed E-state index contributed by atoms with van der Waals surface area (Å²) in [7, 11) is -0.141. The van der Waals surface area contributed by atoms with Crippen LogP contribution in [0.3, 0.4) is 0 Å². The molecule has 1 aliphatic rings. The summed E-state index contributed by atoms with van der Waals surface area (Å²) >= 11 is 2.68. The van der Waals surface area contributed by atoms with Gasteiger partial charge < -0.3 is 39.0 Å². The molecule has 0 aliphatic heterocycles. The van der Waals surface area contributed by atoms with Crippen LogP contribution in [0.4, 0.5) is 0 Å². The standard InChI is InChI=1S/C45H56N4O8S2Si/c1-44(2,3)60(5,6)57-37(32-17-20-35(50)41-33(32)18-21-40(51)47-41)28-46-27-29-12-19-34-36(26-29)56-43(53)49(34)23-9-22-48(4)30-13-15-31(16-14-30)55-42(52)45(54,38-10-7-24-58-38)39-11-8-25-59-39/h7-8,10-12,17-21,24-26,30-31,37,46,50,54H,9,13-16,22-23,27-28H2,1-6H3,(H,47,51)/t30-,31-,37-/m0/s1. The van der Waals surface area contributed by atoms with Crippen molar-refractivity contribution in [2.45, 2.75) is 108 Å². The van der Waals surface area contributed by atoms with Gasteiger partial charge in [0, 0.05) is 37.1 Å². The summed E-state index contributed by atoms with van der Waals surface area (Å²) < 4.78 is 20.3. The first-order valence-corrected chi connectivity index (χ1v) is 25.3.